The van der Waals surface area contributed by atoms with Crippen LogP contribution in [0.4, 0.5) is 4.79 Å². The van der Waals surface area contributed by atoms with E-state index in [9.17, 15) is 9.59 Å². The van der Waals surface area contributed by atoms with Gasteiger partial charge in [0.25, 0.3) is 0 Å². The summed E-state index contributed by atoms with van der Waals surface area (Å²) in [7, 11) is 0. The highest BCUT2D eigenvalue weighted by Gasteiger charge is 2.22. The number of rotatable bonds is 3. The van der Waals surface area contributed by atoms with E-state index in [0.29, 0.717) is 42.8 Å². The van der Waals surface area contributed by atoms with Crippen LogP contribution in [0.3, 0.4) is 0 Å². The van der Waals surface area contributed by atoms with Crippen molar-refractivity contribution in [3.63, 3.8) is 0 Å². The van der Waals surface area contributed by atoms with Gasteiger partial charge in [-0.1, -0.05) is 16.8 Å². The summed E-state index contributed by atoms with van der Waals surface area (Å²) in [6, 6.07) is 6.35. The van der Waals surface area contributed by atoms with Crippen molar-refractivity contribution in [1.29, 1.82) is 0 Å². The van der Waals surface area contributed by atoms with Crippen LogP contribution < -0.4 is 10.6 Å². The van der Waals surface area contributed by atoms with Crippen LogP contribution in [0, 0.1) is 0 Å². The van der Waals surface area contributed by atoms with Gasteiger partial charge in [-0.15, -0.1) is 0 Å². The second kappa shape index (κ2) is 7.52. The number of urea groups is 1. The zero-order chi connectivity index (χ0) is 17.8. The second-order valence-electron chi connectivity index (χ2n) is 5.72. The average molecular weight is 364 g/mol. The van der Waals surface area contributed by atoms with Crippen molar-refractivity contribution >= 4 is 23.5 Å². The van der Waals surface area contributed by atoms with Crippen molar-refractivity contribution in [2.24, 2.45) is 0 Å². The van der Waals surface area contributed by atoms with Crippen LogP contribution in [0.2, 0.25) is 5.02 Å². The van der Waals surface area contributed by atoms with E-state index in [1.165, 1.54) is 0 Å². The second-order valence-corrected chi connectivity index (χ2v) is 6.16. The fourth-order valence-corrected chi connectivity index (χ4v) is 2.56. The summed E-state index contributed by atoms with van der Waals surface area (Å²) in [6.45, 7) is 3.05. The molecule has 8 nitrogen and oxygen atoms in total. The third kappa shape index (κ3) is 4.27. The van der Waals surface area contributed by atoms with Gasteiger partial charge in [0.1, 0.15) is 6.04 Å². The predicted octanol–water partition coefficient (Wildman–Crippen LogP) is 1.98. The standard InChI is InChI=1S/C16H18ClN5O3/c1-10(19-16(24)22-8-6-13(23)18-7-9-22)15-20-14(21-25-15)11-2-4-12(17)5-3-11/h2-5,10H,6-9H2,1H3,(H,18,23)(H,19,24)/t10-/m0/s1. The van der Waals surface area contributed by atoms with Crippen LogP contribution in [-0.2, 0) is 4.79 Å². The minimum absolute atomic E-state index is 0.0483. The minimum atomic E-state index is -0.451. The number of carbonyl (C=O) groups excluding carboxylic acids is 2. The Morgan fingerprint density at radius 3 is 2.88 bits per heavy atom. The van der Waals surface area contributed by atoms with E-state index in [1.807, 2.05) is 0 Å². The zero-order valence-corrected chi connectivity index (χ0v) is 14.4. The first-order valence-corrected chi connectivity index (χ1v) is 8.32. The van der Waals surface area contributed by atoms with Gasteiger partial charge in [-0.25, -0.2) is 4.79 Å². The number of hydrogen-bond acceptors (Lipinski definition) is 5. The molecule has 3 rings (SSSR count). The first-order valence-electron chi connectivity index (χ1n) is 7.94. The summed E-state index contributed by atoms with van der Waals surface area (Å²) in [5.41, 5.74) is 0.773. The summed E-state index contributed by atoms with van der Waals surface area (Å²) in [4.78, 5) is 29.6. The molecule has 1 atom stereocenters. The smallest absolute Gasteiger partial charge is 0.318 e. The Labute approximate surface area is 149 Å². The Bertz CT molecular complexity index is 761. The van der Waals surface area contributed by atoms with Crippen molar-refractivity contribution in [2.75, 3.05) is 19.6 Å². The molecule has 0 unspecified atom stereocenters. The van der Waals surface area contributed by atoms with E-state index in [0.717, 1.165) is 5.56 Å². The maximum atomic E-state index is 12.3. The molecule has 0 saturated carbocycles. The van der Waals surface area contributed by atoms with Gasteiger partial charge in [0.05, 0.1) is 0 Å². The Morgan fingerprint density at radius 1 is 1.36 bits per heavy atom. The molecule has 0 radical (unpaired) electrons. The van der Waals surface area contributed by atoms with Gasteiger partial charge in [-0.2, -0.15) is 4.98 Å². The highest BCUT2D eigenvalue weighted by molar-refractivity contribution is 6.30. The number of benzene rings is 1. The number of nitrogens with zero attached hydrogens (tertiary/aromatic N) is 3. The average Bonchev–Trinajstić information content (AvgIpc) is 2.98. The molecule has 25 heavy (non-hydrogen) atoms. The van der Waals surface area contributed by atoms with Crippen LogP contribution >= 0.6 is 11.6 Å². The Balaban J connectivity index is 1.63. The van der Waals surface area contributed by atoms with E-state index in [1.54, 1.807) is 36.1 Å². The van der Waals surface area contributed by atoms with Crippen molar-refractivity contribution in [3.05, 3.63) is 35.2 Å². The lowest BCUT2D eigenvalue weighted by Crippen LogP contribution is -2.42. The first-order chi connectivity index (χ1) is 12.0. The molecular formula is C16H18ClN5O3. The van der Waals surface area contributed by atoms with Crippen LogP contribution in [-0.4, -0.2) is 46.6 Å². The largest absolute Gasteiger partial charge is 0.354 e. The number of carbonyl (C=O) groups is 2. The molecule has 0 aliphatic carbocycles. The van der Waals surface area contributed by atoms with Crippen LogP contribution in [0.25, 0.3) is 11.4 Å². The van der Waals surface area contributed by atoms with Crippen LogP contribution in [0.1, 0.15) is 25.3 Å². The molecule has 1 fully saturated rings. The molecule has 1 aromatic carbocycles. The van der Waals surface area contributed by atoms with Crippen LogP contribution in [0.15, 0.2) is 28.8 Å². The number of nitrogens with one attached hydrogen (secondary N) is 2. The highest BCUT2D eigenvalue weighted by atomic mass is 35.5. The molecule has 1 aromatic heterocycles. The molecule has 2 heterocycles. The maximum Gasteiger partial charge on any atom is 0.318 e. The van der Waals surface area contributed by atoms with E-state index in [-0.39, 0.29) is 11.9 Å². The summed E-state index contributed by atoms with van der Waals surface area (Å²) in [6.07, 6.45) is 0.295. The molecule has 2 N–H and O–H groups in total. The summed E-state index contributed by atoms with van der Waals surface area (Å²) in [5.74, 6) is 0.688. The summed E-state index contributed by atoms with van der Waals surface area (Å²) in [5, 5.41) is 10.1. The van der Waals surface area contributed by atoms with Gasteiger partial charge in [0.15, 0.2) is 0 Å². The zero-order valence-electron chi connectivity index (χ0n) is 13.7. The monoisotopic (exact) mass is 363 g/mol. The topological polar surface area (TPSA) is 100 Å². The first kappa shape index (κ1) is 17.2. The lowest BCUT2D eigenvalue weighted by Gasteiger charge is -2.21. The molecule has 0 spiro atoms. The number of amides is 3. The van der Waals surface area contributed by atoms with Crippen LogP contribution in [0.5, 0.6) is 0 Å². The van der Waals surface area contributed by atoms with Gasteiger partial charge < -0.3 is 20.1 Å². The van der Waals surface area contributed by atoms with E-state index < -0.39 is 6.04 Å². The SMILES string of the molecule is C[C@H](NC(=O)N1CCNC(=O)CC1)c1nc(-c2ccc(Cl)cc2)no1. The fourth-order valence-electron chi connectivity index (χ4n) is 2.44. The third-order valence-electron chi connectivity index (χ3n) is 3.85. The Morgan fingerprint density at radius 2 is 2.12 bits per heavy atom. The molecule has 9 heteroatoms. The highest BCUT2D eigenvalue weighted by Crippen LogP contribution is 2.20. The van der Waals surface area contributed by atoms with Gasteiger partial charge >= 0.3 is 6.03 Å². The lowest BCUT2D eigenvalue weighted by atomic mass is 10.2. The van der Waals surface area contributed by atoms with E-state index in [4.69, 9.17) is 16.1 Å². The van der Waals surface area contributed by atoms with E-state index >= 15 is 0 Å². The van der Waals surface area contributed by atoms with Crippen molar-refractivity contribution in [3.8, 4) is 11.4 Å². The Kier molecular flexibility index (Phi) is 5.18. The number of halogens is 1. The van der Waals surface area contributed by atoms with Gasteiger partial charge in [-0.3, -0.25) is 4.79 Å². The lowest BCUT2D eigenvalue weighted by molar-refractivity contribution is -0.120. The third-order valence-corrected chi connectivity index (χ3v) is 4.11. The molecule has 0 bridgehead atoms. The molecule has 1 aliphatic rings. The molecule has 132 valence electrons. The summed E-state index contributed by atoms with van der Waals surface area (Å²) < 4.78 is 5.25. The fraction of sp³-hybridized carbons (Fsp3) is 0.375. The van der Waals surface area contributed by atoms with Gasteiger partial charge in [-0.05, 0) is 31.2 Å². The van der Waals surface area contributed by atoms with Gasteiger partial charge in [0, 0.05) is 36.6 Å². The molecule has 3 amide bonds. The Hall–Kier alpha value is -2.61. The van der Waals surface area contributed by atoms with Crippen molar-refractivity contribution in [1.82, 2.24) is 25.7 Å². The number of hydrogen-bond donors (Lipinski definition) is 2. The van der Waals surface area contributed by atoms with Crippen molar-refractivity contribution in [2.45, 2.75) is 19.4 Å². The normalized spacial score (nSPS) is 16.1. The van der Waals surface area contributed by atoms with Gasteiger partial charge in [0.2, 0.25) is 17.6 Å². The molecule has 1 aliphatic heterocycles. The maximum absolute atomic E-state index is 12.3. The minimum Gasteiger partial charge on any atom is -0.354 e. The number of aromatic nitrogens is 2. The van der Waals surface area contributed by atoms with E-state index in [2.05, 4.69) is 20.8 Å². The quantitative estimate of drug-likeness (QED) is 0.868. The molecule has 1 saturated heterocycles. The predicted molar refractivity (Wildman–Crippen MR) is 90.9 cm³/mol. The molecule has 2 aromatic rings. The summed E-state index contributed by atoms with van der Waals surface area (Å²) >= 11 is 5.86. The molecular weight excluding hydrogens is 346 g/mol. The van der Waals surface area contributed by atoms with Crippen molar-refractivity contribution < 1.29 is 14.1 Å².